The Kier molecular flexibility index (Phi) is 12.1. The van der Waals surface area contributed by atoms with Crippen molar-refractivity contribution in [1.29, 1.82) is 0 Å². The highest BCUT2D eigenvalue weighted by molar-refractivity contribution is 7.92. The molecule has 6 rings (SSSR count). The van der Waals surface area contributed by atoms with Gasteiger partial charge in [-0.05, 0) is 147 Å². The fourth-order valence-corrected chi connectivity index (χ4v) is 9.49. The molecule has 0 heterocycles. The second-order valence-corrected chi connectivity index (χ2v) is 18.3. The Labute approximate surface area is 331 Å². The quantitative estimate of drug-likeness (QED) is 0.0892. The third-order valence-corrected chi connectivity index (χ3v) is 13.9. The summed E-state index contributed by atoms with van der Waals surface area (Å²) in [6.45, 7) is 3.83. The largest absolute Gasteiger partial charge is 0.508 e. The fourth-order valence-electron chi connectivity index (χ4n) is 5.59. The number of aromatic hydroxyl groups is 2. The topological polar surface area (TPSA) is 180 Å². The molecule has 0 radical (unpaired) electrons. The molecule has 57 heavy (non-hydrogen) atoms. The van der Waals surface area contributed by atoms with E-state index in [9.17, 15) is 35.5 Å². The SMILES string of the molecule is CCCC(Oc1ccc(S(=O)(=O)c2ccc(O)cc2)cc1)Oc1ccc(S(=O)(=O)c2ccc(Oc3ccc(S(=O)(=O)c4ccc(O)cc4)cc3)cc2)c(OCC)c1. The molecule has 0 aromatic heterocycles. The maximum atomic E-state index is 13.8. The van der Waals surface area contributed by atoms with Gasteiger partial charge in [0.15, 0.2) is 0 Å². The van der Waals surface area contributed by atoms with Crippen LogP contribution in [0.5, 0.6) is 40.2 Å². The Balaban J connectivity index is 1.14. The molecule has 6 aromatic carbocycles. The van der Waals surface area contributed by atoms with Gasteiger partial charge in [0.05, 0.1) is 31.1 Å². The zero-order valence-electron chi connectivity index (χ0n) is 30.7. The molecule has 2 N–H and O–H groups in total. The first kappa shape index (κ1) is 40.6. The molecule has 15 heteroatoms. The Bertz CT molecular complexity index is 2650. The van der Waals surface area contributed by atoms with E-state index in [1.165, 1.54) is 140 Å². The van der Waals surface area contributed by atoms with Gasteiger partial charge >= 0.3 is 0 Å². The van der Waals surface area contributed by atoms with E-state index in [4.69, 9.17) is 18.9 Å². The van der Waals surface area contributed by atoms with Crippen LogP contribution in [0.4, 0.5) is 0 Å². The highest BCUT2D eigenvalue weighted by Crippen LogP contribution is 2.35. The van der Waals surface area contributed by atoms with Gasteiger partial charge in [-0.1, -0.05) is 6.92 Å². The van der Waals surface area contributed by atoms with Crippen molar-refractivity contribution in [2.24, 2.45) is 0 Å². The van der Waals surface area contributed by atoms with E-state index in [1.54, 1.807) is 6.92 Å². The number of phenols is 2. The van der Waals surface area contributed by atoms with Gasteiger partial charge in [-0.2, -0.15) is 0 Å². The number of hydrogen-bond donors (Lipinski definition) is 2. The van der Waals surface area contributed by atoms with Crippen molar-refractivity contribution in [2.75, 3.05) is 6.61 Å². The van der Waals surface area contributed by atoms with Crippen LogP contribution in [0.3, 0.4) is 0 Å². The van der Waals surface area contributed by atoms with E-state index in [0.717, 1.165) is 0 Å². The van der Waals surface area contributed by atoms with E-state index in [0.29, 0.717) is 30.1 Å². The van der Waals surface area contributed by atoms with Crippen LogP contribution in [0.15, 0.2) is 169 Å². The van der Waals surface area contributed by atoms with E-state index < -0.39 is 35.8 Å². The zero-order valence-corrected chi connectivity index (χ0v) is 33.1. The first-order chi connectivity index (χ1) is 27.2. The number of hydrogen-bond acceptors (Lipinski definition) is 12. The van der Waals surface area contributed by atoms with Crippen LogP contribution in [0.2, 0.25) is 0 Å². The molecule has 0 saturated carbocycles. The number of phenolic OH excluding ortho intramolecular Hbond substituents is 2. The number of ether oxygens (including phenoxy) is 4. The fraction of sp³-hybridized carbons (Fsp3) is 0.143. The van der Waals surface area contributed by atoms with Crippen LogP contribution < -0.4 is 18.9 Å². The van der Waals surface area contributed by atoms with Gasteiger partial charge < -0.3 is 29.2 Å². The Morgan fingerprint density at radius 2 is 0.842 bits per heavy atom. The number of benzene rings is 6. The first-order valence-corrected chi connectivity index (χ1v) is 22.1. The van der Waals surface area contributed by atoms with Gasteiger partial charge in [0.25, 0.3) is 0 Å². The summed E-state index contributed by atoms with van der Waals surface area (Å²) in [6.07, 6.45) is 0.324. The molecule has 0 fully saturated rings. The average Bonchev–Trinajstić information content (AvgIpc) is 3.19. The number of sulfone groups is 3. The second-order valence-electron chi connectivity index (χ2n) is 12.5. The first-order valence-electron chi connectivity index (χ1n) is 17.6. The summed E-state index contributed by atoms with van der Waals surface area (Å²) in [5.74, 6) is 1.24. The zero-order chi connectivity index (χ0) is 40.8. The summed E-state index contributed by atoms with van der Waals surface area (Å²) in [5, 5.41) is 19.0. The van der Waals surface area contributed by atoms with Crippen molar-refractivity contribution < 1.29 is 54.4 Å². The monoisotopic (exact) mass is 830 g/mol. The molecule has 0 amide bonds. The maximum Gasteiger partial charge on any atom is 0.241 e. The van der Waals surface area contributed by atoms with Crippen LogP contribution >= 0.6 is 0 Å². The van der Waals surface area contributed by atoms with Crippen LogP contribution in [-0.4, -0.2) is 48.4 Å². The Morgan fingerprint density at radius 3 is 1.26 bits per heavy atom. The van der Waals surface area contributed by atoms with Crippen molar-refractivity contribution in [3.05, 3.63) is 140 Å². The normalized spacial score (nSPS) is 12.4. The predicted octanol–water partition coefficient (Wildman–Crippen LogP) is 8.37. The lowest BCUT2D eigenvalue weighted by molar-refractivity contribution is -0.00126. The smallest absolute Gasteiger partial charge is 0.241 e. The highest BCUT2D eigenvalue weighted by atomic mass is 32.2. The minimum atomic E-state index is -4.09. The summed E-state index contributed by atoms with van der Waals surface area (Å²) < 4.78 is 103. The van der Waals surface area contributed by atoms with Crippen LogP contribution in [0, 0.1) is 0 Å². The van der Waals surface area contributed by atoms with Gasteiger partial charge in [-0.25, -0.2) is 25.3 Å². The summed E-state index contributed by atoms with van der Waals surface area (Å²) in [4.78, 5) is 0.0232. The minimum Gasteiger partial charge on any atom is -0.508 e. The summed E-state index contributed by atoms with van der Waals surface area (Å²) in [5.41, 5.74) is 0. The molecule has 0 aliphatic rings. The molecule has 12 nitrogen and oxygen atoms in total. The van der Waals surface area contributed by atoms with Crippen molar-refractivity contribution in [2.45, 2.75) is 62.4 Å². The lowest BCUT2D eigenvalue weighted by Gasteiger charge is -2.21. The predicted molar refractivity (Wildman–Crippen MR) is 210 cm³/mol. The molecule has 1 atom stereocenters. The molecule has 0 aliphatic carbocycles. The number of rotatable bonds is 16. The van der Waals surface area contributed by atoms with E-state index in [1.807, 2.05) is 6.92 Å². The van der Waals surface area contributed by atoms with E-state index in [2.05, 4.69) is 0 Å². The third kappa shape index (κ3) is 9.34. The van der Waals surface area contributed by atoms with Gasteiger partial charge in [0, 0.05) is 12.5 Å². The highest BCUT2D eigenvalue weighted by Gasteiger charge is 2.25. The molecule has 6 aromatic rings. The van der Waals surface area contributed by atoms with E-state index >= 15 is 0 Å². The Morgan fingerprint density at radius 1 is 0.474 bits per heavy atom. The summed E-state index contributed by atoms with van der Waals surface area (Å²) in [7, 11) is -11.7. The van der Waals surface area contributed by atoms with Gasteiger partial charge in [-0.15, -0.1) is 0 Å². The molecule has 0 spiro atoms. The molecule has 0 saturated heterocycles. The van der Waals surface area contributed by atoms with Crippen LogP contribution in [-0.2, 0) is 29.5 Å². The molecule has 1 unspecified atom stereocenters. The standard InChI is InChI=1S/C42H38O12S3/c1-3-5-42(53-33-14-23-38(24-15-33)56(47,48)36-19-8-30(44)9-20-36)54-34-16-27-41(40(28-34)51-4-2)57(49,50)39-25-12-32(13-26-39)52-31-10-21-37(22-11-31)55(45,46)35-17-6-29(43)7-18-35/h6-28,42-44H,3-5H2,1-2H3. The van der Waals surface area contributed by atoms with Crippen molar-refractivity contribution in [3.8, 4) is 40.2 Å². The van der Waals surface area contributed by atoms with Crippen molar-refractivity contribution >= 4 is 29.5 Å². The second kappa shape index (κ2) is 17.0. The van der Waals surface area contributed by atoms with E-state index in [-0.39, 0.29) is 59.0 Å². The average molecular weight is 831 g/mol. The molecular weight excluding hydrogens is 793 g/mol. The third-order valence-electron chi connectivity index (χ3n) is 8.50. The molecule has 0 aliphatic heterocycles. The minimum absolute atomic E-state index is 0.0251. The van der Waals surface area contributed by atoms with Gasteiger partial charge in [0.2, 0.25) is 35.8 Å². The lowest BCUT2D eigenvalue weighted by Crippen LogP contribution is -2.23. The van der Waals surface area contributed by atoms with Crippen molar-refractivity contribution in [1.82, 2.24) is 0 Å². The van der Waals surface area contributed by atoms with Crippen LogP contribution in [0.1, 0.15) is 26.7 Å². The van der Waals surface area contributed by atoms with Gasteiger partial charge in [-0.3, -0.25) is 0 Å². The van der Waals surface area contributed by atoms with Gasteiger partial charge in [0.1, 0.15) is 45.1 Å². The summed E-state index contributed by atoms with van der Waals surface area (Å²) in [6, 6.07) is 32.2. The van der Waals surface area contributed by atoms with Crippen molar-refractivity contribution in [3.63, 3.8) is 0 Å². The molecular formula is C42H38O12S3. The lowest BCUT2D eigenvalue weighted by atomic mass is 10.3. The molecule has 0 bridgehead atoms. The Hall–Kier alpha value is -6.03. The summed E-state index contributed by atoms with van der Waals surface area (Å²) >= 11 is 0. The molecule has 296 valence electrons. The maximum absolute atomic E-state index is 13.8. The van der Waals surface area contributed by atoms with Crippen LogP contribution in [0.25, 0.3) is 0 Å².